The van der Waals surface area contributed by atoms with E-state index >= 15 is 0 Å². The maximum Gasteiger partial charge on any atom is 0.422 e. The van der Waals surface area contributed by atoms with Crippen molar-refractivity contribution in [2.45, 2.75) is 12.6 Å². The molecule has 0 amide bonds. The van der Waals surface area contributed by atoms with Crippen molar-refractivity contribution >= 4 is 17.4 Å². The Morgan fingerprint density at radius 1 is 1.21 bits per heavy atom. The number of Topliss-reactive ketones (excluding diaryl/α,β-unsaturated/α-hetero) is 1. The van der Waals surface area contributed by atoms with Crippen LogP contribution in [0.2, 0.25) is 5.02 Å². The fraction of sp³-hybridized carbons (Fsp3) is 0.211. The van der Waals surface area contributed by atoms with Crippen LogP contribution in [0, 0.1) is 0 Å². The van der Waals surface area contributed by atoms with Gasteiger partial charge in [-0.3, -0.25) is 9.48 Å². The molecule has 0 aliphatic heterocycles. The third-order valence-corrected chi connectivity index (χ3v) is 4.05. The van der Waals surface area contributed by atoms with Crippen LogP contribution in [0.1, 0.15) is 16.1 Å². The minimum atomic E-state index is -4.49. The van der Waals surface area contributed by atoms with Crippen molar-refractivity contribution in [1.29, 1.82) is 0 Å². The van der Waals surface area contributed by atoms with E-state index in [1.54, 1.807) is 49.6 Å². The molecule has 0 saturated heterocycles. The minimum Gasteiger partial charge on any atom is -0.468 e. The summed E-state index contributed by atoms with van der Waals surface area (Å²) in [6.45, 7) is -1.47. The van der Waals surface area contributed by atoms with Gasteiger partial charge in [0.2, 0.25) is 5.88 Å². The molecular formula is C19H15ClF3N3O2. The summed E-state index contributed by atoms with van der Waals surface area (Å²) in [5.41, 5.74) is 1.74. The van der Waals surface area contributed by atoms with Gasteiger partial charge in [0.15, 0.2) is 12.4 Å². The molecule has 3 rings (SSSR count). The molecule has 2 heterocycles. The summed E-state index contributed by atoms with van der Waals surface area (Å²) in [5, 5.41) is 4.54. The van der Waals surface area contributed by atoms with Crippen LogP contribution in [-0.4, -0.2) is 33.3 Å². The molecule has 3 aromatic rings. The van der Waals surface area contributed by atoms with Gasteiger partial charge in [0.05, 0.1) is 0 Å². The topological polar surface area (TPSA) is 57.0 Å². The highest BCUT2D eigenvalue weighted by Gasteiger charge is 2.29. The second-order valence-electron chi connectivity index (χ2n) is 6.08. The lowest BCUT2D eigenvalue weighted by Crippen LogP contribution is -2.20. The van der Waals surface area contributed by atoms with Crippen LogP contribution in [0.3, 0.4) is 0 Å². The zero-order valence-electron chi connectivity index (χ0n) is 14.7. The zero-order chi connectivity index (χ0) is 20.3. The summed E-state index contributed by atoms with van der Waals surface area (Å²) < 4.78 is 44.0. The second kappa shape index (κ2) is 8.02. The largest absolute Gasteiger partial charge is 0.468 e. The van der Waals surface area contributed by atoms with Crippen molar-refractivity contribution in [2.75, 3.05) is 6.61 Å². The molecule has 146 valence electrons. The molecule has 0 aliphatic rings. The Kier molecular flexibility index (Phi) is 5.69. The Morgan fingerprint density at radius 3 is 2.54 bits per heavy atom. The molecule has 0 fully saturated rings. The van der Waals surface area contributed by atoms with Gasteiger partial charge in [0.25, 0.3) is 0 Å². The number of aryl methyl sites for hydroxylation is 1. The molecule has 1 aromatic carbocycles. The number of hydrogen-bond acceptors (Lipinski definition) is 4. The summed E-state index contributed by atoms with van der Waals surface area (Å²) in [6.07, 6.45) is -1.51. The van der Waals surface area contributed by atoms with Crippen molar-refractivity contribution in [2.24, 2.45) is 7.05 Å². The number of carbonyl (C=O) groups excluding carboxylic acids is 1. The van der Waals surface area contributed by atoms with Crippen molar-refractivity contribution in [3.05, 3.63) is 65.1 Å². The Labute approximate surface area is 163 Å². The first-order chi connectivity index (χ1) is 13.2. The highest BCUT2D eigenvalue weighted by atomic mass is 35.5. The number of nitrogens with zero attached hydrogens (tertiary/aromatic N) is 3. The summed E-state index contributed by atoms with van der Waals surface area (Å²) >= 11 is 5.88. The van der Waals surface area contributed by atoms with Crippen LogP contribution < -0.4 is 4.74 Å². The molecule has 0 saturated carbocycles. The van der Waals surface area contributed by atoms with E-state index in [9.17, 15) is 18.0 Å². The molecule has 5 nitrogen and oxygen atoms in total. The Bertz CT molecular complexity index is 985. The maximum atomic E-state index is 12.5. The smallest absolute Gasteiger partial charge is 0.422 e. The van der Waals surface area contributed by atoms with Crippen molar-refractivity contribution in [1.82, 2.24) is 14.8 Å². The molecule has 0 unspecified atom stereocenters. The first-order valence-corrected chi connectivity index (χ1v) is 8.56. The molecule has 0 N–H and O–H groups in total. The van der Waals surface area contributed by atoms with Gasteiger partial charge in [-0.15, -0.1) is 0 Å². The summed E-state index contributed by atoms with van der Waals surface area (Å²) in [7, 11) is 1.70. The number of halogens is 4. The quantitative estimate of drug-likeness (QED) is 0.562. The second-order valence-corrected chi connectivity index (χ2v) is 6.52. The third kappa shape index (κ3) is 5.10. The standard InChI is InChI=1S/C19H15ClF3N3O2/c1-26-7-6-16(25-26)17(27)9-12-8-15(13-2-4-14(20)5-3-13)18(24-10-12)28-11-19(21,22)23/h2-8,10H,9,11H2,1H3. The van der Waals surface area contributed by atoms with E-state index < -0.39 is 12.8 Å². The van der Waals surface area contributed by atoms with Crippen LogP contribution in [0.4, 0.5) is 13.2 Å². The van der Waals surface area contributed by atoms with E-state index in [0.717, 1.165) is 0 Å². The number of aromatic nitrogens is 3. The highest BCUT2D eigenvalue weighted by Crippen LogP contribution is 2.31. The number of rotatable bonds is 6. The van der Waals surface area contributed by atoms with E-state index in [0.29, 0.717) is 27.4 Å². The van der Waals surface area contributed by atoms with Gasteiger partial charge in [-0.1, -0.05) is 23.7 Å². The van der Waals surface area contributed by atoms with Crippen molar-refractivity contribution in [3.63, 3.8) is 0 Å². The number of benzene rings is 1. The maximum absolute atomic E-state index is 12.5. The van der Waals surface area contributed by atoms with E-state index in [4.69, 9.17) is 16.3 Å². The number of ketones is 1. The normalized spacial score (nSPS) is 11.5. The number of alkyl halides is 3. The van der Waals surface area contributed by atoms with Crippen LogP contribution >= 0.6 is 11.6 Å². The molecule has 2 aromatic heterocycles. The number of pyridine rings is 1. The Morgan fingerprint density at radius 2 is 1.93 bits per heavy atom. The lowest BCUT2D eigenvalue weighted by molar-refractivity contribution is -0.154. The van der Waals surface area contributed by atoms with Gasteiger partial charge in [0, 0.05) is 36.4 Å². The summed E-state index contributed by atoms with van der Waals surface area (Å²) in [5.74, 6) is -0.401. The van der Waals surface area contributed by atoms with Crippen LogP contribution in [0.5, 0.6) is 5.88 Å². The average molecular weight is 410 g/mol. The number of ether oxygens (including phenoxy) is 1. The van der Waals surface area contributed by atoms with Crippen LogP contribution in [0.15, 0.2) is 48.8 Å². The van der Waals surface area contributed by atoms with E-state index in [1.807, 2.05) is 0 Å². The van der Waals surface area contributed by atoms with Crippen molar-refractivity contribution < 1.29 is 22.7 Å². The van der Waals surface area contributed by atoms with Gasteiger partial charge in [-0.25, -0.2) is 4.98 Å². The molecule has 0 radical (unpaired) electrons. The van der Waals surface area contributed by atoms with Gasteiger partial charge in [0.1, 0.15) is 5.69 Å². The molecule has 28 heavy (non-hydrogen) atoms. The van der Waals surface area contributed by atoms with E-state index in [2.05, 4.69) is 10.1 Å². The SMILES string of the molecule is Cn1ccc(C(=O)Cc2cnc(OCC(F)(F)F)c(-c3ccc(Cl)cc3)c2)n1. The Hall–Kier alpha value is -2.87. The lowest BCUT2D eigenvalue weighted by atomic mass is 10.0. The predicted molar refractivity (Wildman–Crippen MR) is 97.5 cm³/mol. The number of hydrogen-bond donors (Lipinski definition) is 0. The average Bonchev–Trinajstić information content (AvgIpc) is 3.07. The fourth-order valence-electron chi connectivity index (χ4n) is 2.53. The van der Waals surface area contributed by atoms with E-state index in [-0.39, 0.29) is 18.1 Å². The highest BCUT2D eigenvalue weighted by molar-refractivity contribution is 6.30. The predicted octanol–water partition coefficient (Wildman–Crippen LogP) is 4.50. The molecule has 9 heteroatoms. The summed E-state index contributed by atoms with van der Waals surface area (Å²) in [6, 6.07) is 9.68. The van der Waals surface area contributed by atoms with Crippen LogP contribution in [-0.2, 0) is 13.5 Å². The van der Waals surface area contributed by atoms with Gasteiger partial charge >= 0.3 is 6.18 Å². The monoisotopic (exact) mass is 409 g/mol. The third-order valence-electron chi connectivity index (χ3n) is 3.80. The zero-order valence-corrected chi connectivity index (χ0v) is 15.5. The van der Waals surface area contributed by atoms with Crippen molar-refractivity contribution in [3.8, 4) is 17.0 Å². The fourth-order valence-corrected chi connectivity index (χ4v) is 2.66. The van der Waals surface area contributed by atoms with E-state index in [1.165, 1.54) is 10.9 Å². The number of carbonyl (C=O) groups is 1. The van der Waals surface area contributed by atoms with Gasteiger partial charge < -0.3 is 4.74 Å². The Balaban J connectivity index is 1.91. The molecule has 0 aliphatic carbocycles. The van der Waals surface area contributed by atoms with Crippen LogP contribution in [0.25, 0.3) is 11.1 Å². The first kappa shape index (κ1) is 19.9. The molecule has 0 bridgehead atoms. The van der Waals surface area contributed by atoms with Gasteiger partial charge in [-0.2, -0.15) is 18.3 Å². The molecule has 0 atom stereocenters. The van der Waals surface area contributed by atoms with Gasteiger partial charge in [-0.05, 0) is 35.4 Å². The summed E-state index contributed by atoms with van der Waals surface area (Å²) in [4.78, 5) is 16.4. The first-order valence-electron chi connectivity index (χ1n) is 8.18. The molecule has 0 spiro atoms. The molecular weight excluding hydrogens is 395 g/mol. The minimum absolute atomic E-state index is 0.00412. The lowest BCUT2D eigenvalue weighted by Gasteiger charge is -2.13.